The first kappa shape index (κ1) is 19.4. The summed E-state index contributed by atoms with van der Waals surface area (Å²) in [5, 5.41) is 10.4. The molecule has 0 atom stereocenters. The first-order chi connectivity index (χ1) is 10.2. The van der Waals surface area contributed by atoms with Gasteiger partial charge < -0.3 is 10.6 Å². The lowest BCUT2D eigenvalue weighted by Gasteiger charge is -2.12. The van der Waals surface area contributed by atoms with Gasteiger partial charge >= 0.3 is 0 Å². The minimum Gasteiger partial charge on any atom is -0.357 e. The summed E-state index contributed by atoms with van der Waals surface area (Å²) in [5.74, 6) is 0.461. The van der Waals surface area contributed by atoms with Crippen molar-refractivity contribution in [1.29, 1.82) is 0 Å². The van der Waals surface area contributed by atoms with E-state index in [1.165, 1.54) is 11.6 Å². The van der Waals surface area contributed by atoms with Crippen molar-refractivity contribution in [2.45, 2.75) is 20.0 Å². The molecular formula is C15H18BrFIN3S. The molecule has 1 aromatic carbocycles. The van der Waals surface area contributed by atoms with Crippen molar-refractivity contribution in [3.05, 3.63) is 56.4 Å². The summed E-state index contributed by atoms with van der Waals surface area (Å²) in [7, 11) is 0. The molecule has 0 fully saturated rings. The summed E-state index contributed by atoms with van der Waals surface area (Å²) in [6.45, 7) is 3.76. The van der Waals surface area contributed by atoms with Gasteiger partial charge in [-0.3, -0.25) is 0 Å². The van der Waals surface area contributed by atoms with Crippen molar-refractivity contribution < 1.29 is 4.39 Å². The van der Waals surface area contributed by atoms with Gasteiger partial charge in [-0.05, 0) is 47.5 Å². The summed E-state index contributed by atoms with van der Waals surface area (Å²) in [6.07, 6.45) is 0. The second kappa shape index (κ2) is 10.2. The molecule has 0 aliphatic carbocycles. The minimum atomic E-state index is -0.223. The van der Waals surface area contributed by atoms with Crippen LogP contribution in [0.25, 0.3) is 0 Å². The van der Waals surface area contributed by atoms with Gasteiger partial charge in [0.05, 0.1) is 6.54 Å². The van der Waals surface area contributed by atoms with E-state index in [4.69, 9.17) is 0 Å². The molecule has 0 amide bonds. The van der Waals surface area contributed by atoms with E-state index < -0.39 is 0 Å². The van der Waals surface area contributed by atoms with Gasteiger partial charge in [-0.1, -0.05) is 15.9 Å². The van der Waals surface area contributed by atoms with Crippen molar-refractivity contribution >= 4 is 57.2 Å². The molecule has 0 aliphatic rings. The number of guanidine groups is 1. The lowest BCUT2D eigenvalue weighted by molar-refractivity contribution is 0.604. The van der Waals surface area contributed by atoms with Crippen LogP contribution in [0, 0.1) is 5.82 Å². The van der Waals surface area contributed by atoms with E-state index >= 15 is 0 Å². The molecule has 2 N–H and O–H groups in total. The highest BCUT2D eigenvalue weighted by molar-refractivity contribution is 14.0. The largest absolute Gasteiger partial charge is 0.357 e. The third-order valence-corrected chi connectivity index (χ3v) is 4.02. The lowest BCUT2D eigenvalue weighted by atomic mass is 10.2. The summed E-state index contributed by atoms with van der Waals surface area (Å²) >= 11 is 5.01. The Balaban J connectivity index is 0.00000242. The van der Waals surface area contributed by atoms with Crippen LogP contribution in [0.5, 0.6) is 0 Å². The molecule has 0 saturated heterocycles. The van der Waals surface area contributed by atoms with Crippen molar-refractivity contribution in [2.24, 2.45) is 4.99 Å². The van der Waals surface area contributed by atoms with Crippen molar-refractivity contribution in [3.63, 3.8) is 0 Å². The minimum absolute atomic E-state index is 0. The van der Waals surface area contributed by atoms with E-state index in [1.807, 2.05) is 18.4 Å². The highest BCUT2D eigenvalue weighted by atomic mass is 127. The number of hydrogen-bond acceptors (Lipinski definition) is 2. The van der Waals surface area contributed by atoms with Gasteiger partial charge in [0, 0.05) is 23.1 Å². The molecule has 0 radical (unpaired) electrons. The quantitative estimate of drug-likeness (QED) is 0.362. The van der Waals surface area contributed by atoms with Crippen LogP contribution in [0.1, 0.15) is 18.1 Å². The average Bonchev–Trinajstić information content (AvgIpc) is 2.98. The third-order valence-electron chi connectivity index (χ3n) is 2.80. The maximum Gasteiger partial charge on any atom is 0.191 e. The van der Waals surface area contributed by atoms with Crippen molar-refractivity contribution in [3.8, 4) is 0 Å². The van der Waals surface area contributed by atoms with E-state index in [0.29, 0.717) is 24.6 Å². The van der Waals surface area contributed by atoms with E-state index in [-0.39, 0.29) is 29.8 Å². The second-order valence-electron chi connectivity index (χ2n) is 4.42. The third kappa shape index (κ3) is 6.21. The molecule has 3 nitrogen and oxygen atoms in total. The van der Waals surface area contributed by atoms with Gasteiger partial charge in [0.25, 0.3) is 0 Å². The van der Waals surface area contributed by atoms with Crippen LogP contribution in [-0.2, 0) is 13.1 Å². The Morgan fingerprint density at radius 3 is 2.82 bits per heavy atom. The van der Waals surface area contributed by atoms with Crippen LogP contribution in [0.4, 0.5) is 4.39 Å². The number of thiophene rings is 1. The SMILES string of the molecule is CCNC(=NCc1ccsc1)NCc1cc(Br)ccc1F.I. The molecule has 0 aliphatic heterocycles. The van der Waals surface area contributed by atoms with Gasteiger partial charge in [0.1, 0.15) is 5.82 Å². The fraction of sp³-hybridized carbons (Fsp3) is 0.267. The van der Waals surface area contributed by atoms with Gasteiger partial charge in [0.2, 0.25) is 0 Å². The van der Waals surface area contributed by atoms with Crippen LogP contribution in [0.15, 0.2) is 44.5 Å². The van der Waals surface area contributed by atoms with Gasteiger partial charge in [-0.2, -0.15) is 11.3 Å². The fourth-order valence-electron chi connectivity index (χ4n) is 1.75. The predicted octanol–water partition coefficient (Wildman–Crippen LogP) is 4.52. The van der Waals surface area contributed by atoms with Crippen molar-refractivity contribution in [2.75, 3.05) is 6.54 Å². The monoisotopic (exact) mass is 497 g/mol. The number of rotatable bonds is 5. The number of aliphatic imine (C=N–C) groups is 1. The zero-order chi connectivity index (χ0) is 15.1. The molecule has 0 bridgehead atoms. The zero-order valence-electron chi connectivity index (χ0n) is 12.1. The Bertz CT molecular complexity index is 605. The van der Waals surface area contributed by atoms with Gasteiger partial charge in [-0.25, -0.2) is 9.38 Å². The normalized spacial score (nSPS) is 11.0. The maximum atomic E-state index is 13.7. The smallest absolute Gasteiger partial charge is 0.191 e. The maximum absolute atomic E-state index is 13.7. The zero-order valence-corrected chi connectivity index (χ0v) is 16.8. The number of halogens is 3. The summed E-state index contributed by atoms with van der Waals surface area (Å²) in [5.41, 5.74) is 1.77. The molecule has 1 heterocycles. The van der Waals surface area contributed by atoms with Gasteiger partial charge in [0.15, 0.2) is 5.96 Å². The van der Waals surface area contributed by atoms with Gasteiger partial charge in [-0.15, -0.1) is 24.0 Å². The summed E-state index contributed by atoms with van der Waals surface area (Å²) < 4.78 is 14.6. The van der Waals surface area contributed by atoms with E-state index in [9.17, 15) is 4.39 Å². The summed E-state index contributed by atoms with van der Waals surface area (Å²) in [4.78, 5) is 4.49. The fourth-order valence-corrected chi connectivity index (χ4v) is 2.82. The number of benzene rings is 1. The Hall–Kier alpha value is -0.670. The molecule has 0 spiro atoms. The topological polar surface area (TPSA) is 36.4 Å². The Kier molecular flexibility index (Phi) is 8.96. The Morgan fingerprint density at radius 1 is 1.32 bits per heavy atom. The first-order valence-electron chi connectivity index (χ1n) is 6.66. The van der Waals surface area contributed by atoms with E-state index in [1.54, 1.807) is 23.5 Å². The molecular weight excluding hydrogens is 480 g/mol. The lowest BCUT2D eigenvalue weighted by Crippen LogP contribution is -2.37. The molecule has 7 heteroatoms. The molecule has 2 aromatic rings. The van der Waals surface area contributed by atoms with E-state index in [0.717, 1.165) is 11.0 Å². The van der Waals surface area contributed by atoms with Crippen LogP contribution in [0.2, 0.25) is 0 Å². The molecule has 22 heavy (non-hydrogen) atoms. The second-order valence-corrected chi connectivity index (χ2v) is 6.11. The Morgan fingerprint density at radius 2 is 2.14 bits per heavy atom. The van der Waals surface area contributed by atoms with Crippen LogP contribution in [-0.4, -0.2) is 12.5 Å². The predicted molar refractivity (Wildman–Crippen MR) is 105 cm³/mol. The highest BCUT2D eigenvalue weighted by Crippen LogP contribution is 2.15. The molecule has 1 aromatic heterocycles. The number of nitrogens with one attached hydrogen (secondary N) is 2. The van der Waals surface area contributed by atoms with Crippen LogP contribution in [0.3, 0.4) is 0 Å². The first-order valence-corrected chi connectivity index (χ1v) is 8.40. The van der Waals surface area contributed by atoms with Crippen molar-refractivity contribution in [1.82, 2.24) is 10.6 Å². The number of nitrogens with zero attached hydrogens (tertiary/aromatic N) is 1. The highest BCUT2D eigenvalue weighted by Gasteiger charge is 2.04. The Labute approximate surface area is 159 Å². The molecule has 120 valence electrons. The standard InChI is InChI=1S/C15H17BrFN3S.HI/c1-2-18-15(19-8-11-5-6-21-10-11)20-9-12-7-13(16)3-4-14(12)17;/h3-7,10H,2,8-9H2,1H3,(H2,18,19,20);1H. The van der Waals surface area contributed by atoms with Crippen LogP contribution >= 0.6 is 51.2 Å². The molecule has 0 unspecified atom stereocenters. The average molecular weight is 498 g/mol. The van der Waals surface area contributed by atoms with E-state index in [2.05, 4.69) is 36.9 Å². The van der Waals surface area contributed by atoms with Crippen LogP contribution < -0.4 is 10.6 Å². The number of hydrogen-bond donors (Lipinski definition) is 2. The summed E-state index contributed by atoms with van der Waals surface area (Å²) in [6, 6.07) is 6.96. The molecule has 0 saturated carbocycles. The molecule has 2 rings (SSSR count).